The summed E-state index contributed by atoms with van der Waals surface area (Å²) in [7, 11) is 0. The molecule has 7 aromatic carbocycles. The van der Waals surface area contributed by atoms with E-state index in [9.17, 15) is 0 Å². The second-order valence-electron chi connectivity index (χ2n) is 12.9. The predicted molar refractivity (Wildman–Crippen MR) is 210 cm³/mol. The summed E-state index contributed by atoms with van der Waals surface area (Å²) in [6.07, 6.45) is 0. The molecule has 10 rings (SSSR count). The Morgan fingerprint density at radius 3 is 1.96 bits per heavy atom. The Bertz CT molecular complexity index is 2820. The standard InChI is InChI=1S/C46H30N2OS/c1-29-19-22-36-37-26-32(20-23-42(37)49-43(36)25-29)33-21-24-44-38(27-33)39(28-50-44)46-47-40-17-8-9-18-41(40)48(46)45-34(30-11-4-2-5-12-30)15-10-16-35(45)31-13-6-3-7-14-31/h2-28H,1H3. The van der Waals surface area contributed by atoms with Crippen LogP contribution in [0.5, 0.6) is 0 Å². The van der Waals surface area contributed by atoms with Gasteiger partial charge in [-0.3, -0.25) is 4.57 Å². The van der Waals surface area contributed by atoms with Crippen LogP contribution in [0.15, 0.2) is 168 Å². The van der Waals surface area contributed by atoms with Crippen LogP contribution in [0.4, 0.5) is 0 Å². The van der Waals surface area contributed by atoms with Gasteiger partial charge in [-0.05, 0) is 77.2 Å². The Balaban J connectivity index is 1.22. The molecule has 0 spiro atoms. The van der Waals surface area contributed by atoms with Crippen molar-refractivity contribution in [2.45, 2.75) is 6.92 Å². The largest absolute Gasteiger partial charge is 0.456 e. The molecule has 0 saturated heterocycles. The second kappa shape index (κ2) is 11.4. The molecule has 0 bridgehead atoms. The lowest BCUT2D eigenvalue weighted by Gasteiger charge is -2.19. The van der Waals surface area contributed by atoms with Crippen LogP contribution >= 0.6 is 11.3 Å². The highest BCUT2D eigenvalue weighted by atomic mass is 32.1. The smallest absolute Gasteiger partial charge is 0.147 e. The number of nitrogens with zero attached hydrogens (tertiary/aromatic N) is 2. The molecule has 0 amide bonds. The lowest BCUT2D eigenvalue weighted by atomic mass is 9.95. The summed E-state index contributed by atoms with van der Waals surface area (Å²) in [6, 6.07) is 56.3. The molecule has 0 aliphatic heterocycles. The van der Waals surface area contributed by atoms with Crippen molar-refractivity contribution in [2.75, 3.05) is 0 Å². The number of rotatable bonds is 5. The van der Waals surface area contributed by atoms with Crippen molar-refractivity contribution in [2.24, 2.45) is 0 Å². The van der Waals surface area contributed by atoms with Gasteiger partial charge in [-0.1, -0.05) is 115 Å². The van der Waals surface area contributed by atoms with E-state index in [1.807, 2.05) is 0 Å². The summed E-state index contributed by atoms with van der Waals surface area (Å²) in [4.78, 5) is 5.39. The first-order valence-corrected chi connectivity index (χ1v) is 17.7. The maximum Gasteiger partial charge on any atom is 0.147 e. The van der Waals surface area contributed by atoms with Crippen LogP contribution in [-0.2, 0) is 0 Å². The van der Waals surface area contributed by atoms with E-state index in [2.05, 4.69) is 175 Å². The highest BCUT2D eigenvalue weighted by Crippen LogP contribution is 2.43. The van der Waals surface area contributed by atoms with Crippen molar-refractivity contribution in [3.05, 3.63) is 169 Å². The Morgan fingerprint density at radius 1 is 0.520 bits per heavy atom. The van der Waals surface area contributed by atoms with Gasteiger partial charge in [-0.25, -0.2) is 4.98 Å². The molecule has 50 heavy (non-hydrogen) atoms. The van der Waals surface area contributed by atoms with Crippen LogP contribution in [0, 0.1) is 6.92 Å². The van der Waals surface area contributed by atoms with Gasteiger partial charge >= 0.3 is 0 Å². The van der Waals surface area contributed by atoms with Crippen molar-refractivity contribution in [1.82, 2.24) is 9.55 Å². The van der Waals surface area contributed by atoms with Crippen LogP contribution in [-0.4, -0.2) is 9.55 Å². The zero-order chi connectivity index (χ0) is 33.2. The van der Waals surface area contributed by atoms with Gasteiger partial charge in [-0.15, -0.1) is 11.3 Å². The van der Waals surface area contributed by atoms with Gasteiger partial charge in [0.05, 0.1) is 16.7 Å². The van der Waals surface area contributed by atoms with Crippen molar-refractivity contribution >= 4 is 54.4 Å². The molecule has 0 fully saturated rings. The van der Waals surface area contributed by atoms with Crippen LogP contribution in [0.2, 0.25) is 0 Å². The molecular weight excluding hydrogens is 629 g/mol. The number of fused-ring (bicyclic) bond motifs is 5. The maximum atomic E-state index is 6.22. The molecular formula is C46H30N2OS. The quantitative estimate of drug-likeness (QED) is 0.184. The van der Waals surface area contributed by atoms with E-state index in [1.165, 1.54) is 26.8 Å². The van der Waals surface area contributed by atoms with Crippen LogP contribution < -0.4 is 0 Å². The minimum Gasteiger partial charge on any atom is -0.456 e. The van der Waals surface area contributed by atoms with E-state index >= 15 is 0 Å². The van der Waals surface area contributed by atoms with Crippen molar-refractivity contribution in [3.63, 3.8) is 0 Å². The molecule has 0 aliphatic carbocycles. The van der Waals surface area contributed by atoms with E-state index in [-0.39, 0.29) is 0 Å². The predicted octanol–water partition coefficient (Wildman–Crippen LogP) is 13.1. The third-order valence-corrected chi connectivity index (χ3v) is 10.7. The summed E-state index contributed by atoms with van der Waals surface area (Å²) in [5.74, 6) is 0.932. The molecule has 4 heteroatoms. The number of para-hydroxylation sites is 3. The molecule has 0 N–H and O–H groups in total. The summed E-state index contributed by atoms with van der Waals surface area (Å²) < 4.78 is 9.83. The zero-order valence-electron chi connectivity index (χ0n) is 27.3. The zero-order valence-corrected chi connectivity index (χ0v) is 28.1. The number of furan rings is 1. The summed E-state index contributed by atoms with van der Waals surface area (Å²) in [5.41, 5.74) is 14.3. The Hall–Kier alpha value is -6.23. The number of imidazole rings is 1. The normalized spacial score (nSPS) is 11.7. The van der Waals surface area contributed by atoms with E-state index in [1.54, 1.807) is 11.3 Å². The van der Waals surface area contributed by atoms with Gasteiger partial charge in [0.25, 0.3) is 0 Å². The van der Waals surface area contributed by atoms with E-state index in [4.69, 9.17) is 9.40 Å². The number of aromatic nitrogens is 2. The van der Waals surface area contributed by atoms with Crippen LogP contribution in [0.1, 0.15) is 5.56 Å². The number of aryl methyl sites for hydroxylation is 1. The van der Waals surface area contributed by atoms with Crippen molar-refractivity contribution in [1.29, 1.82) is 0 Å². The number of benzene rings is 7. The fraction of sp³-hybridized carbons (Fsp3) is 0.0217. The topological polar surface area (TPSA) is 31.0 Å². The summed E-state index contributed by atoms with van der Waals surface area (Å²) >= 11 is 1.77. The average Bonchev–Trinajstić information content (AvgIpc) is 3.87. The monoisotopic (exact) mass is 658 g/mol. The molecule has 10 aromatic rings. The van der Waals surface area contributed by atoms with Gasteiger partial charge < -0.3 is 4.42 Å². The average molecular weight is 659 g/mol. The Morgan fingerprint density at radius 2 is 1.20 bits per heavy atom. The first-order chi connectivity index (χ1) is 24.7. The van der Waals surface area contributed by atoms with Gasteiger partial charge in [0.1, 0.15) is 17.0 Å². The van der Waals surface area contributed by atoms with Gasteiger partial charge in [-0.2, -0.15) is 0 Å². The Kier molecular flexibility index (Phi) is 6.58. The fourth-order valence-electron chi connectivity index (χ4n) is 7.36. The molecule has 0 aliphatic rings. The number of hydrogen-bond acceptors (Lipinski definition) is 3. The Labute approximate surface area is 293 Å². The summed E-state index contributed by atoms with van der Waals surface area (Å²) in [6.45, 7) is 2.10. The van der Waals surface area contributed by atoms with E-state index < -0.39 is 0 Å². The third-order valence-electron chi connectivity index (χ3n) is 9.76. The lowest BCUT2D eigenvalue weighted by molar-refractivity contribution is 0.668. The second-order valence-corrected chi connectivity index (χ2v) is 13.8. The molecule has 3 aromatic heterocycles. The number of hydrogen-bond donors (Lipinski definition) is 0. The fourth-order valence-corrected chi connectivity index (χ4v) is 8.28. The molecule has 3 heterocycles. The van der Waals surface area contributed by atoms with Gasteiger partial charge in [0, 0.05) is 42.9 Å². The third kappa shape index (κ3) is 4.61. The minimum absolute atomic E-state index is 0.909. The molecule has 3 nitrogen and oxygen atoms in total. The number of thiophene rings is 1. The molecule has 236 valence electrons. The van der Waals surface area contributed by atoms with Crippen molar-refractivity contribution in [3.8, 4) is 50.5 Å². The molecule has 0 radical (unpaired) electrons. The van der Waals surface area contributed by atoms with Crippen molar-refractivity contribution < 1.29 is 4.42 Å². The highest BCUT2D eigenvalue weighted by Gasteiger charge is 2.23. The molecule has 0 unspecified atom stereocenters. The van der Waals surface area contributed by atoms with Crippen LogP contribution in [0.3, 0.4) is 0 Å². The molecule has 0 atom stereocenters. The van der Waals surface area contributed by atoms with Gasteiger partial charge in [0.15, 0.2) is 0 Å². The maximum absolute atomic E-state index is 6.22. The van der Waals surface area contributed by atoms with Gasteiger partial charge in [0.2, 0.25) is 0 Å². The first-order valence-electron chi connectivity index (χ1n) is 16.9. The van der Waals surface area contributed by atoms with E-state index in [0.29, 0.717) is 0 Å². The highest BCUT2D eigenvalue weighted by molar-refractivity contribution is 7.17. The SMILES string of the molecule is Cc1ccc2c(c1)oc1ccc(-c3ccc4scc(-c5nc6ccccc6n5-c5c(-c6ccccc6)cccc5-c5ccccc5)c4c3)cc12. The lowest BCUT2D eigenvalue weighted by Crippen LogP contribution is -2.03. The first kappa shape index (κ1) is 28.8. The summed E-state index contributed by atoms with van der Waals surface area (Å²) in [5, 5.41) is 5.74. The molecule has 0 saturated carbocycles. The minimum atomic E-state index is 0.909. The van der Waals surface area contributed by atoms with E-state index in [0.717, 1.165) is 72.3 Å². The van der Waals surface area contributed by atoms with Crippen LogP contribution in [0.25, 0.3) is 93.5 Å².